The molecule has 1 atom stereocenters. The number of carbonyl (C=O) groups is 3. The maximum absolute atomic E-state index is 13.0. The van der Waals surface area contributed by atoms with Gasteiger partial charge in [-0.2, -0.15) is 0 Å². The molecule has 0 aliphatic carbocycles. The van der Waals surface area contributed by atoms with Crippen LogP contribution >= 0.6 is 0 Å². The number of nitrogens with zero attached hydrogens (tertiary/aromatic N) is 1. The summed E-state index contributed by atoms with van der Waals surface area (Å²) in [5.74, 6) is -2.48. The molecule has 0 saturated carbocycles. The molecular weight excluding hydrogens is 426 g/mol. The summed E-state index contributed by atoms with van der Waals surface area (Å²) in [6, 6.07) is 9.17. The van der Waals surface area contributed by atoms with Gasteiger partial charge in [-0.05, 0) is 31.4 Å². The fourth-order valence-corrected chi connectivity index (χ4v) is 3.89. The molecule has 8 heteroatoms. The molecule has 3 rings (SSSR count). The van der Waals surface area contributed by atoms with Crippen LogP contribution in [0.15, 0.2) is 48.0 Å². The van der Waals surface area contributed by atoms with E-state index in [-0.39, 0.29) is 54.4 Å². The first kappa shape index (κ1) is 23.8. The molecule has 0 saturated heterocycles. The van der Waals surface area contributed by atoms with Crippen LogP contribution in [-0.4, -0.2) is 51.2 Å². The number of allylic oxidation sites excluding steroid dienone is 2. The number of aliphatic carboxylic acids is 1. The van der Waals surface area contributed by atoms with Gasteiger partial charge in [0.05, 0.1) is 19.2 Å². The topological polar surface area (TPSA) is 124 Å². The average molecular weight is 453 g/mol. The van der Waals surface area contributed by atoms with Crippen molar-refractivity contribution < 1.29 is 34.4 Å². The number of carboxylic acids is 1. The number of rotatable bonds is 9. The van der Waals surface area contributed by atoms with Crippen molar-refractivity contribution in [2.24, 2.45) is 0 Å². The average Bonchev–Trinajstić information content (AvgIpc) is 3.12. The van der Waals surface area contributed by atoms with E-state index >= 15 is 0 Å². The van der Waals surface area contributed by atoms with Gasteiger partial charge in [0.2, 0.25) is 0 Å². The monoisotopic (exact) mass is 453 g/mol. The summed E-state index contributed by atoms with van der Waals surface area (Å²) in [6.45, 7) is 1.76. The number of methoxy groups -OCH3 is 1. The van der Waals surface area contributed by atoms with Crippen LogP contribution in [0.5, 0.6) is 11.5 Å². The van der Waals surface area contributed by atoms with Crippen LogP contribution < -0.4 is 0 Å². The van der Waals surface area contributed by atoms with Crippen LogP contribution in [0.3, 0.4) is 0 Å². The summed E-state index contributed by atoms with van der Waals surface area (Å²) in [5, 5.41) is 31.1. The lowest BCUT2D eigenvalue weighted by Crippen LogP contribution is -2.42. The van der Waals surface area contributed by atoms with E-state index in [1.165, 1.54) is 18.1 Å². The molecule has 0 spiro atoms. The molecule has 0 unspecified atom stereocenters. The molecule has 174 valence electrons. The minimum Gasteiger partial charge on any atom is -0.507 e. The highest BCUT2D eigenvalue weighted by atomic mass is 16.5. The summed E-state index contributed by atoms with van der Waals surface area (Å²) in [5.41, 5.74) is 2.29. The van der Waals surface area contributed by atoms with Gasteiger partial charge in [0.1, 0.15) is 17.5 Å². The van der Waals surface area contributed by atoms with Crippen molar-refractivity contribution in [1.82, 2.24) is 4.90 Å². The van der Waals surface area contributed by atoms with Gasteiger partial charge in [0.25, 0.3) is 5.91 Å². The number of benzene rings is 2. The molecule has 0 fully saturated rings. The molecule has 2 aromatic rings. The Bertz CT molecular complexity index is 1090. The molecule has 2 aromatic carbocycles. The lowest BCUT2D eigenvalue weighted by atomic mass is 9.99. The fraction of sp³-hybridized carbons (Fsp3) is 0.320. The molecule has 1 aliphatic rings. The largest absolute Gasteiger partial charge is 0.507 e. The second-order valence-electron chi connectivity index (χ2n) is 8.06. The van der Waals surface area contributed by atoms with Crippen molar-refractivity contribution >= 4 is 17.8 Å². The molecule has 0 aromatic heterocycles. The van der Waals surface area contributed by atoms with E-state index in [2.05, 4.69) is 4.74 Å². The Balaban J connectivity index is 1.82. The zero-order valence-electron chi connectivity index (χ0n) is 18.6. The van der Waals surface area contributed by atoms with Gasteiger partial charge in [-0.1, -0.05) is 42.0 Å². The highest BCUT2D eigenvalue weighted by molar-refractivity contribution is 6.02. The third-order valence-electron chi connectivity index (χ3n) is 5.85. The quantitative estimate of drug-likeness (QED) is 0.393. The highest BCUT2D eigenvalue weighted by Crippen LogP contribution is 2.40. The van der Waals surface area contributed by atoms with Gasteiger partial charge in [0.15, 0.2) is 0 Å². The highest BCUT2D eigenvalue weighted by Gasteiger charge is 2.39. The number of fused-ring (bicyclic) bond motifs is 1. The van der Waals surface area contributed by atoms with Crippen LogP contribution in [-0.2, 0) is 33.7 Å². The molecule has 1 heterocycles. The first-order valence-electron chi connectivity index (χ1n) is 10.6. The molecule has 0 bridgehead atoms. The Hall–Kier alpha value is -3.81. The van der Waals surface area contributed by atoms with Gasteiger partial charge in [-0.3, -0.25) is 9.59 Å². The summed E-state index contributed by atoms with van der Waals surface area (Å²) in [4.78, 5) is 37.5. The van der Waals surface area contributed by atoms with E-state index in [4.69, 9.17) is 0 Å². The number of ether oxygens (including phenoxy) is 1. The van der Waals surface area contributed by atoms with Crippen molar-refractivity contribution in [1.29, 1.82) is 0 Å². The maximum atomic E-state index is 13.0. The standard InChI is InChI=1S/C25H27NO7/c1-15(9-11-22(28)33-2)8-10-17-21(27)13-18-19(23(17)29)14-26(24(18)30)20(25(31)32)12-16-6-4-3-5-7-16/h3-8,13,20,27,29H,9-12,14H2,1-2H3,(H,31,32)/b15-8+/t20-/m0/s1. The zero-order chi connectivity index (χ0) is 24.1. The number of phenolic OH excluding ortho intramolecular Hbond substituents is 2. The molecular formula is C25H27NO7. The predicted molar refractivity (Wildman–Crippen MR) is 120 cm³/mol. The normalized spacial score (nSPS) is 14.2. The van der Waals surface area contributed by atoms with E-state index in [1.807, 2.05) is 13.0 Å². The van der Waals surface area contributed by atoms with Crippen LogP contribution in [0.25, 0.3) is 0 Å². The molecule has 3 N–H and O–H groups in total. The van der Waals surface area contributed by atoms with Crippen molar-refractivity contribution in [2.45, 2.75) is 45.2 Å². The Kier molecular flexibility index (Phi) is 7.37. The van der Waals surface area contributed by atoms with Crippen LogP contribution in [0.1, 0.15) is 46.8 Å². The van der Waals surface area contributed by atoms with Gasteiger partial charge >= 0.3 is 11.9 Å². The van der Waals surface area contributed by atoms with Crippen molar-refractivity contribution in [3.05, 3.63) is 70.3 Å². The van der Waals surface area contributed by atoms with Crippen molar-refractivity contribution in [2.75, 3.05) is 7.11 Å². The fourth-order valence-electron chi connectivity index (χ4n) is 3.89. The Morgan fingerprint density at radius 1 is 1.18 bits per heavy atom. The number of carbonyl (C=O) groups excluding carboxylic acids is 2. The minimum absolute atomic E-state index is 0.0673. The first-order chi connectivity index (χ1) is 15.7. The van der Waals surface area contributed by atoms with E-state index in [0.717, 1.165) is 11.1 Å². The van der Waals surface area contributed by atoms with Crippen LogP contribution in [0, 0.1) is 0 Å². The Morgan fingerprint density at radius 3 is 2.52 bits per heavy atom. The number of carboxylic acid groups (broad SMARTS) is 1. The number of amides is 1. The van der Waals surface area contributed by atoms with E-state index in [9.17, 15) is 29.7 Å². The predicted octanol–water partition coefficient (Wildman–Crippen LogP) is 3.19. The molecule has 1 aliphatic heterocycles. The molecule has 8 nitrogen and oxygen atoms in total. The molecule has 33 heavy (non-hydrogen) atoms. The second kappa shape index (κ2) is 10.2. The van der Waals surface area contributed by atoms with Gasteiger partial charge < -0.3 is 25.0 Å². The number of hydrogen-bond acceptors (Lipinski definition) is 6. The van der Waals surface area contributed by atoms with Gasteiger partial charge in [0, 0.05) is 24.0 Å². The second-order valence-corrected chi connectivity index (χ2v) is 8.06. The lowest BCUT2D eigenvalue weighted by Gasteiger charge is -2.24. The van der Waals surface area contributed by atoms with Crippen LogP contribution in [0.4, 0.5) is 0 Å². The van der Waals surface area contributed by atoms with E-state index in [0.29, 0.717) is 12.0 Å². The maximum Gasteiger partial charge on any atom is 0.326 e. The summed E-state index contributed by atoms with van der Waals surface area (Å²) < 4.78 is 4.62. The third kappa shape index (κ3) is 5.34. The summed E-state index contributed by atoms with van der Waals surface area (Å²) >= 11 is 0. The third-order valence-corrected chi connectivity index (χ3v) is 5.85. The number of hydrogen-bond donors (Lipinski definition) is 3. The first-order valence-corrected chi connectivity index (χ1v) is 10.6. The van der Waals surface area contributed by atoms with Crippen LogP contribution in [0.2, 0.25) is 0 Å². The van der Waals surface area contributed by atoms with Gasteiger partial charge in [-0.15, -0.1) is 0 Å². The van der Waals surface area contributed by atoms with Crippen molar-refractivity contribution in [3.8, 4) is 11.5 Å². The summed E-state index contributed by atoms with van der Waals surface area (Å²) in [6.07, 6.45) is 2.80. The Morgan fingerprint density at radius 2 is 1.88 bits per heavy atom. The number of esters is 1. The van der Waals surface area contributed by atoms with E-state index < -0.39 is 17.9 Å². The lowest BCUT2D eigenvalue weighted by molar-refractivity contribution is -0.142. The van der Waals surface area contributed by atoms with E-state index in [1.54, 1.807) is 30.3 Å². The zero-order valence-corrected chi connectivity index (χ0v) is 18.6. The molecule has 1 amide bonds. The SMILES string of the molecule is COC(=O)CC/C(C)=C/Cc1c(O)cc2c(c1O)CN([C@@H](Cc1ccccc1)C(=O)O)C2=O. The summed E-state index contributed by atoms with van der Waals surface area (Å²) in [7, 11) is 1.32. The Labute approximate surface area is 191 Å². The molecule has 0 radical (unpaired) electrons. The number of phenols is 2. The minimum atomic E-state index is -1.15. The smallest absolute Gasteiger partial charge is 0.326 e. The number of aromatic hydroxyl groups is 2. The van der Waals surface area contributed by atoms with Gasteiger partial charge in [-0.25, -0.2) is 4.79 Å². The van der Waals surface area contributed by atoms with Crippen molar-refractivity contribution in [3.63, 3.8) is 0 Å².